The van der Waals surface area contributed by atoms with Crippen LogP contribution in [-0.4, -0.2) is 20.9 Å². The van der Waals surface area contributed by atoms with Gasteiger partial charge in [0, 0.05) is 23.8 Å². The van der Waals surface area contributed by atoms with Crippen LogP contribution in [0.4, 0.5) is 0 Å². The highest BCUT2D eigenvalue weighted by atomic mass is 35.5. The lowest BCUT2D eigenvalue weighted by Crippen LogP contribution is -2.03. The highest BCUT2D eigenvalue weighted by Crippen LogP contribution is 2.24. The van der Waals surface area contributed by atoms with Crippen molar-refractivity contribution in [2.24, 2.45) is 7.05 Å². The number of halogens is 1. The molecule has 0 radical (unpaired) electrons. The fraction of sp³-hybridized carbons (Fsp3) is 0.167. The van der Waals surface area contributed by atoms with E-state index in [0.29, 0.717) is 5.02 Å². The summed E-state index contributed by atoms with van der Waals surface area (Å²) in [6.45, 7) is 0.245. The van der Waals surface area contributed by atoms with Crippen molar-refractivity contribution in [2.45, 2.75) is 6.61 Å². The molecule has 0 bridgehead atoms. The van der Waals surface area contributed by atoms with Crippen LogP contribution in [0.5, 0.6) is 5.75 Å². The van der Waals surface area contributed by atoms with Gasteiger partial charge in [0.15, 0.2) is 0 Å². The van der Waals surface area contributed by atoms with Gasteiger partial charge in [-0.3, -0.25) is 4.68 Å². The maximum Gasteiger partial charge on any atom is 0.339 e. The van der Waals surface area contributed by atoms with Gasteiger partial charge < -0.3 is 9.84 Å². The number of carboxylic acid groups (broad SMARTS) is 1. The van der Waals surface area contributed by atoms with Crippen LogP contribution in [0.3, 0.4) is 0 Å². The second-order valence-electron chi connectivity index (χ2n) is 3.76. The molecule has 0 atom stereocenters. The molecule has 0 spiro atoms. The predicted octanol–water partition coefficient (Wildman–Crippen LogP) is 2.35. The van der Waals surface area contributed by atoms with Crippen LogP contribution in [0, 0.1) is 0 Å². The van der Waals surface area contributed by atoms with E-state index in [0.717, 1.165) is 5.56 Å². The Hall–Kier alpha value is -2.01. The SMILES string of the molecule is Cn1cc(COc2cc(Cl)ccc2C(=O)O)cn1. The maximum atomic E-state index is 11.0. The van der Waals surface area contributed by atoms with E-state index in [9.17, 15) is 4.79 Å². The third kappa shape index (κ3) is 2.81. The minimum absolute atomic E-state index is 0.0864. The van der Waals surface area contributed by atoms with Crippen molar-refractivity contribution in [3.05, 3.63) is 46.7 Å². The topological polar surface area (TPSA) is 64.3 Å². The number of rotatable bonds is 4. The first kappa shape index (κ1) is 12.4. The van der Waals surface area contributed by atoms with Gasteiger partial charge in [-0.05, 0) is 18.2 Å². The second kappa shape index (κ2) is 5.10. The van der Waals surface area contributed by atoms with E-state index < -0.39 is 5.97 Å². The lowest BCUT2D eigenvalue weighted by atomic mass is 10.2. The Balaban J connectivity index is 2.17. The smallest absolute Gasteiger partial charge is 0.339 e. The van der Waals surface area contributed by atoms with Crippen molar-refractivity contribution in [2.75, 3.05) is 0 Å². The molecule has 6 heteroatoms. The summed E-state index contributed by atoms with van der Waals surface area (Å²) in [7, 11) is 1.80. The third-order valence-electron chi connectivity index (χ3n) is 2.33. The summed E-state index contributed by atoms with van der Waals surface area (Å²) in [5, 5.41) is 13.4. The molecule has 5 nitrogen and oxygen atoms in total. The largest absolute Gasteiger partial charge is 0.488 e. The number of aryl methyl sites for hydroxylation is 1. The van der Waals surface area contributed by atoms with Crippen molar-refractivity contribution in [1.82, 2.24) is 9.78 Å². The van der Waals surface area contributed by atoms with Gasteiger partial charge >= 0.3 is 5.97 Å². The molecule has 18 heavy (non-hydrogen) atoms. The molecule has 1 N–H and O–H groups in total. The van der Waals surface area contributed by atoms with Gasteiger partial charge in [-0.1, -0.05) is 11.6 Å². The molecule has 0 unspecified atom stereocenters. The van der Waals surface area contributed by atoms with E-state index in [2.05, 4.69) is 5.10 Å². The first-order valence-corrected chi connectivity index (χ1v) is 5.57. The molecule has 94 valence electrons. The first-order chi connectivity index (χ1) is 8.56. The predicted molar refractivity (Wildman–Crippen MR) is 66.0 cm³/mol. The summed E-state index contributed by atoms with van der Waals surface area (Å²) >= 11 is 5.82. The zero-order valence-electron chi connectivity index (χ0n) is 9.63. The van der Waals surface area contributed by atoms with E-state index in [1.165, 1.54) is 18.2 Å². The Morgan fingerprint density at radius 1 is 1.56 bits per heavy atom. The second-order valence-corrected chi connectivity index (χ2v) is 4.19. The summed E-state index contributed by atoms with van der Waals surface area (Å²) in [6.07, 6.45) is 3.45. The summed E-state index contributed by atoms with van der Waals surface area (Å²) in [4.78, 5) is 11.0. The summed E-state index contributed by atoms with van der Waals surface area (Å²) in [5.74, 6) is -0.799. The van der Waals surface area contributed by atoms with Crippen molar-refractivity contribution >= 4 is 17.6 Å². The lowest BCUT2D eigenvalue weighted by Gasteiger charge is -2.08. The molecular formula is C12H11ClN2O3. The van der Waals surface area contributed by atoms with Gasteiger partial charge in [0.05, 0.1) is 6.20 Å². The van der Waals surface area contributed by atoms with Crippen LogP contribution < -0.4 is 4.74 Å². The van der Waals surface area contributed by atoms with E-state index in [4.69, 9.17) is 21.4 Å². The van der Waals surface area contributed by atoms with Gasteiger partial charge in [-0.2, -0.15) is 5.10 Å². The van der Waals surface area contributed by atoms with Crippen molar-refractivity contribution in [3.8, 4) is 5.75 Å². The Morgan fingerprint density at radius 3 is 2.94 bits per heavy atom. The molecule has 2 rings (SSSR count). The molecule has 0 amide bonds. The number of ether oxygens (including phenoxy) is 1. The zero-order valence-corrected chi connectivity index (χ0v) is 10.4. The summed E-state index contributed by atoms with van der Waals surface area (Å²) in [6, 6.07) is 4.42. The molecule has 0 aliphatic rings. The summed E-state index contributed by atoms with van der Waals surface area (Å²) < 4.78 is 7.11. The van der Waals surface area contributed by atoms with Crippen LogP contribution in [0.25, 0.3) is 0 Å². The Bertz CT molecular complexity index is 580. The van der Waals surface area contributed by atoms with E-state index >= 15 is 0 Å². The molecule has 2 aromatic rings. The number of aromatic nitrogens is 2. The summed E-state index contributed by atoms with van der Waals surface area (Å²) in [5.41, 5.74) is 0.942. The molecule has 1 aromatic heterocycles. The van der Waals surface area contributed by atoms with E-state index in [1.807, 2.05) is 0 Å². The number of nitrogens with zero attached hydrogens (tertiary/aromatic N) is 2. The van der Waals surface area contributed by atoms with Crippen LogP contribution in [0.2, 0.25) is 5.02 Å². The van der Waals surface area contributed by atoms with Crippen LogP contribution in [0.15, 0.2) is 30.6 Å². The number of carboxylic acids is 1. The lowest BCUT2D eigenvalue weighted by molar-refractivity contribution is 0.0692. The van der Waals surface area contributed by atoms with Gasteiger partial charge in [-0.15, -0.1) is 0 Å². The number of benzene rings is 1. The maximum absolute atomic E-state index is 11.0. The van der Waals surface area contributed by atoms with E-state index in [1.54, 1.807) is 24.1 Å². The quantitative estimate of drug-likeness (QED) is 0.923. The number of aromatic carboxylic acids is 1. The molecule has 0 fully saturated rings. The van der Waals surface area contributed by atoms with Crippen LogP contribution >= 0.6 is 11.6 Å². The Labute approximate surface area is 109 Å². The highest BCUT2D eigenvalue weighted by Gasteiger charge is 2.12. The number of carbonyl (C=O) groups is 1. The van der Waals surface area contributed by atoms with Crippen molar-refractivity contribution in [3.63, 3.8) is 0 Å². The van der Waals surface area contributed by atoms with Crippen molar-refractivity contribution < 1.29 is 14.6 Å². The van der Waals surface area contributed by atoms with Crippen molar-refractivity contribution in [1.29, 1.82) is 0 Å². The van der Waals surface area contributed by atoms with Gasteiger partial charge in [0.25, 0.3) is 0 Å². The first-order valence-electron chi connectivity index (χ1n) is 5.19. The fourth-order valence-corrected chi connectivity index (χ4v) is 1.66. The average Bonchev–Trinajstić information content (AvgIpc) is 2.72. The standard InChI is InChI=1S/C12H11ClN2O3/c1-15-6-8(5-14-15)7-18-11-4-9(13)2-3-10(11)12(16)17/h2-6H,7H2,1H3,(H,16,17). The monoisotopic (exact) mass is 266 g/mol. The average molecular weight is 267 g/mol. The molecular weight excluding hydrogens is 256 g/mol. The Morgan fingerprint density at radius 2 is 2.33 bits per heavy atom. The molecule has 1 heterocycles. The number of hydrogen-bond donors (Lipinski definition) is 1. The third-order valence-corrected chi connectivity index (χ3v) is 2.56. The van der Waals surface area contributed by atoms with Gasteiger partial charge in [0.1, 0.15) is 17.9 Å². The van der Waals surface area contributed by atoms with Gasteiger partial charge in [0.2, 0.25) is 0 Å². The van der Waals surface area contributed by atoms with Crippen LogP contribution in [0.1, 0.15) is 15.9 Å². The molecule has 0 aliphatic heterocycles. The highest BCUT2D eigenvalue weighted by molar-refractivity contribution is 6.30. The minimum atomic E-state index is -1.05. The minimum Gasteiger partial charge on any atom is -0.488 e. The van der Waals surface area contributed by atoms with E-state index in [-0.39, 0.29) is 17.9 Å². The Kier molecular flexibility index (Phi) is 3.53. The molecule has 0 saturated heterocycles. The molecule has 0 saturated carbocycles. The number of hydrogen-bond acceptors (Lipinski definition) is 3. The zero-order chi connectivity index (χ0) is 13.1. The van der Waals surface area contributed by atoms with Gasteiger partial charge in [-0.25, -0.2) is 4.79 Å². The fourth-order valence-electron chi connectivity index (χ4n) is 1.50. The van der Waals surface area contributed by atoms with Crippen LogP contribution in [-0.2, 0) is 13.7 Å². The molecule has 0 aliphatic carbocycles. The molecule has 1 aromatic carbocycles. The normalized spacial score (nSPS) is 10.3.